The summed E-state index contributed by atoms with van der Waals surface area (Å²) in [7, 11) is 0. The lowest BCUT2D eigenvalue weighted by molar-refractivity contribution is 0.572. The summed E-state index contributed by atoms with van der Waals surface area (Å²) in [5.74, 6) is 1.36. The predicted octanol–water partition coefficient (Wildman–Crippen LogP) is 3.86. The van der Waals surface area contributed by atoms with Crippen LogP contribution in [-0.2, 0) is 0 Å². The molecule has 0 radical (unpaired) electrons. The lowest BCUT2D eigenvalue weighted by Gasteiger charge is -1.96. The Morgan fingerprint density at radius 1 is 1.25 bits per heavy atom. The fraction of sp³-hybridized carbons (Fsp3) is 0.214. The summed E-state index contributed by atoms with van der Waals surface area (Å²) in [6.07, 6.45) is 6.12. The second-order valence-corrected chi connectivity index (χ2v) is 4.18. The van der Waals surface area contributed by atoms with Crippen LogP contribution < -0.4 is 0 Å². The van der Waals surface area contributed by atoms with Crippen molar-refractivity contribution >= 4 is 6.08 Å². The van der Waals surface area contributed by atoms with E-state index in [1.807, 2.05) is 30.3 Å². The van der Waals surface area contributed by atoms with Crippen LogP contribution in [0.2, 0.25) is 0 Å². The Kier molecular flexibility index (Phi) is 2.13. The topological polar surface area (TPSA) is 26.0 Å². The van der Waals surface area contributed by atoms with Gasteiger partial charge in [0.2, 0.25) is 5.89 Å². The van der Waals surface area contributed by atoms with Crippen molar-refractivity contribution in [2.75, 3.05) is 0 Å². The van der Waals surface area contributed by atoms with E-state index < -0.39 is 0 Å². The lowest BCUT2D eigenvalue weighted by atomic mass is 10.1. The molecule has 2 nitrogen and oxygen atoms in total. The van der Waals surface area contributed by atoms with Crippen LogP contribution in [0.1, 0.15) is 30.0 Å². The molecule has 0 saturated heterocycles. The summed E-state index contributed by atoms with van der Waals surface area (Å²) >= 11 is 0. The number of hydrogen-bond donors (Lipinski definition) is 0. The van der Waals surface area contributed by atoms with Gasteiger partial charge in [-0.2, -0.15) is 0 Å². The van der Waals surface area contributed by atoms with E-state index in [9.17, 15) is 0 Å². The van der Waals surface area contributed by atoms with Crippen LogP contribution in [0.15, 0.2) is 41.5 Å². The second-order valence-electron chi connectivity index (χ2n) is 4.18. The van der Waals surface area contributed by atoms with Crippen LogP contribution >= 0.6 is 0 Å². The van der Waals surface area contributed by atoms with E-state index in [0.717, 1.165) is 22.7 Å². The molecule has 1 heterocycles. The van der Waals surface area contributed by atoms with Gasteiger partial charge in [0, 0.05) is 11.5 Å². The van der Waals surface area contributed by atoms with Crippen molar-refractivity contribution in [3.05, 3.63) is 48.4 Å². The molecule has 0 amide bonds. The largest absolute Gasteiger partial charge is 0.444 e. The number of aromatic nitrogens is 1. The highest BCUT2D eigenvalue weighted by molar-refractivity contribution is 5.58. The zero-order chi connectivity index (χ0) is 11.0. The van der Waals surface area contributed by atoms with Crippen LogP contribution in [0.25, 0.3) is 17.5 Å². The summed E-state index contributed by atoms with van der Waals surface area (Å²) in [4.78, 5) is 4.51. The smallest absolute Gasteiger partial charge is 0.226 e. The quantitative estimate of drug-likeness (QED) is 0.770. The van der Waals surface area contributed by atoms with Gasteiger partial charge in [-0.1, -0.05) is 24.8 Å². The average Bonchev–Trinajstić information content (AvgIpc) is 3.08. The molecule has 80 valence electrons. The third kappa shape index (κ3) is 1.67. The molecule has 3 rings (SSSR count). The summed E-state index contributed by atoms with van der Waals surface area (Å²) in [6, 6.07) is 8.06. The molecule has 0 spiro atoms. The number of rotatable bonds is 3. The van der Waals surface area contributed by atoms with Gasteiger partial charge in [0.1, 0.15) is 6.26 Å². The molecule has 0 aliphatic heterocycles. The Bertz CT molecular complexity index is 506. The molecule has 0 bridgehead atoms. The van der Waals surface area contributed by atoms with Crippen molar-refractivity contribution in [3.8, 4) is 11.5 Å². The minimum Gasteiger partial charge on any atom is -0.444 e. The van der Waals surface area contributed by atoms with E-state index in [2.05, 4.69) is 11.6 Å². The molecule has 2 heteroatoms. The summed E-state index contributed by atoms with van der Waals surface area (Å²) in [5, 5.41) is 0. The molecule has 0 atom stereocenters. The number of nitrogens with zero attached hydrogens (tertiary/aromatic N) is 1. The van der Waals surface area contributed by atoms with Gasteiger partial charge in [-0.15, -0.1) is 0 Å². The van der Waals surface area contributed by atoms with E-state index in [1.165, 1.54) is 12.8 Å². The minimum atomic E-state index is 0.643. The molecule has 1 aliphatic rings. The van der Waals surface area contributed by atoms with Crippen molar-refractivity contribution < 1.29 is 4.42 Å². The van der Waals surface area contributed by atoms with E-state index in [-0.39, 0.29) is 0 Å². The monoisotopic (exact) mass is 211 g/mol. The zero-order valence-electron chi connectivity index (χ0n) is 9.02. The highest BCUT2D eigenvalue weighted by atomic mass is 16.3. The zero-order valence-corrected chi connectivity index (χ0v) is 9.02. The van der Waals surface area contributed by atoms with Crippen molar-refractivity contribution in [2.45, 2.75) is 18.8 Å². The molecular weight excluding hydrogens is 198 g/mol. The molecule has 1 saturated carbocycles. The number of benzene rings is 1. The summed E-state index contributed by atoms with van der Waals surface area (Å²) < 4.78 is 5.49. The summed E-state index contributed by atoms with van der Waals surface area (Å²) in [5.41, 5.74) is 3.23. The second kappa shape index (κ2) is 3.63. The SMILES string of the molecule is C=Cc1ccc(-c2nc(C3CC3)co2)cc1. The first-order valence-corrected chi connectivity index (χ1v) is 5.55. The van der Waals surface area contributed by atoms with Gasteiger partial charge < -0.3 is 4.42 Å². The Labute approximate surface area is 94.6 Å². The van der Waals surface area contributed by atoms with E-state index in [4.69, 9.17) is 4.42 Å². The average molecular weight is 211 g/mol. The fourth-order valence-corrected chi connectivity index (χ4v) is 1.75. The molecule has 1 aromatic heterocycles. The van der Waals surface area contributed by atoms with Crippen LogP contribution in [-0.4, -0.2) is 4.98 Å². The molecular formula is C14H13NO. The Morgan fingerprint density at radius 3 is 2.62 bits per heavy atom. The Morgan fingerprint density at radius 2 is 2.00 bits per heavy atom. The van der Waals surface area contributed by atoms with Gasteiger partial charge in [0.15, 0.2) is 0 Å². The van der Waals surface area contributed by atoms with Crippen molar-refractivity contribution in [2.24, 2.45) is 0 Å². The van der Waals surface area contributed by atoms with Gasteiger partial charge in [-0.3, -0.25) is 0 Å². The third-order valence-electron chi connectivity index (χ3n) is 2.91. The highest BCUT2D eigenvalue weighted by Gasteiger charge is 2.26. The number of hydrogen-bond acceptors (Lipinski definition) is 2. The van der Waals surface area contributed by atoms with Gasteiger partial charge in [0.25, 0.3) is 0 Å². The first kappa shape index (κ1) is 9.40. The molecule has 0 N–H and O–H groups in total. The Hall–Kier alpha value is -1.83. The van der Waals surface area contributed by atoms with Crippen LogP contribution in [0, 0.1) is 0 Å². The molecule has 1 aromatic carbocycles. The molecule has 0 unspecified atom stereocenters. The number of oxazole rings is 1. The van der Waals surface area contributed by atoms with Gasteiger partial charge >= 0.3 is 0 Å². The van der Waals surface area contributed by atoms with Crippen molar-refractivity contribution in [1.29, 1.82) is 0 Å². The predicted molar refractivity (Wildman–Crippen MR) is 64.0 cm³/mol. The van der Waals surface area contributed by atoms with Crippen molar-refractivity contribution in [3.63, 3.8) is 0 Å². The van der Waals surface area contributed by atoms with E-state index >= 15 is 0 Å². The summed E-state index contributed by atoms with van der Waals surface area (Å²) in [6.45, 7) is 3.73. The van der Waals surface area contributed by atoms with Crippen LogP contribution in [0.5, 0.6) is 0 Å². The van der Waals surface area contributed by atoms with Gasteiger partial charge in [-0.05, 0) is 30.5 Å². The standard InChI is InChI=1S/C14H13NO/c1-2-10-3-5-12(6-4-10)14-15-13(9-16-14)11-7-8-11/h2-6,9,11H,1,7-8H2. The molecule has 16 heavy (non-hydrogen) atoms. The maximum atomic E-state index is 5.49. The maximum absolute atomic E-state index is 5.49. The third-order valence-corrected chi connectivity index (χ3v) is 2.91. The minimum absolute atomic E-state index is 0.643. The van der Waals surface area contributed by atoms with Gasteiger partial charge in [-0.25, -0.2) is 4.98 Å². The molecule has 2 aromatic rings. The fourth-order valence-electron chi connectivity index (χ4n) is 1.75. The lowest BCUT2D eigenvalue weighted by Crippen LogP contribution is -1.81. The molecule has 1 fully saturated rings. The molecule has 1 aliphatic carbocycles. The normalized spacial score (nSPS) is 15.0. The van der Waals surface area contributed by atoms with Crippen LogP contribution in [0.3, 0.4) is 0 Å². The van der Waals surface area contributed by atoms with Crippen LogP contribution in [0.4, 0.5) is 0 Å². The highest BCUT2D eigenvalue weighted by Crippen LogP contribution is 2.40. The van der Waals surface area contributed by atoms with E-state index in [1.54, 1.807) is 6.26 Å². The first-order chi connectivity index (χ1) is 7.86. The van der Waals surface area contributed by atoms with Gasteiger partial charge in [0.05, 0.1) is 5.69 Å². The Balaban J connectivity index is 1.91. The maximum Gasteiger partial charge on any atom is 0.226 e. The van der Waals surface area contributed by atoms with Crippen molar-refractivity contribution in [1.82, 2.24) is 4.98 Å². The van der Waals surface area contributed by atoms with E-state index in [0.29, 0.717) is 5.92 Å². The first-order valence-electron chi connectivity index (χ1n) is 5.55.